The van der Waals surface area contributed by atoms with Gasteiger partial charge in [0.1, 0.15) is 44.7 Å². The molecule has 0 saturated heterocycles. The van der Waals surface area contributed by atoms with Crippen LogP contribution >= 0.6 is 0 Å². The van der Waals surface area contributed by atoms with Gasteiger partial charge in [-0.25, -0.2) is 0 Å². The molecule has 0 saturated carbocycles. The monoisotopic (exact) mass is 1120 g/mol. The minimum absolute atomic E-state index is 0.786. The predicted octanol–water partition coefficient (Wildman–Crippen LogP) is 24.5. The summed E-state index contributed by atoms with van der Waals surface area (Å²) in [6.07, 6.45) is 0. The smallest absolute Gasteiger partial charge is 0.147 e. The second-order valence-electron chi connectivity index (χ2n) is 23.6. The summed E-state index contributed by atoms with van der Waals surface area (Å²) < 4.78 is 28.8. The van der Waals surface area contributed by atoms with Crippen molar-refractivity contribution in [3.63, 3.8) is 0 Å². The minimum atomic E-state index is 0.786. The largest absolute Gasteiger partial charge is 0.455 e. The van der Waals surface area contributed by atoms with Crippen LogP contribution in [0, 0.1) is 0 Å². The van der Waals surface area contributed by atoms with E-state index in [-0.39, 0.29) is 0 Å². The zero-order valence-electron chi connectivity index (χ0n) is 47.2. The van der Waals surface area contributed by atoms with E-state index >= 15 is 0 Å². The number of furan rings is 4. The molecule has 88 heavy (non-hydrogen) atoms. The topological polar surface area (TPSA) is 52.6 Å². The number of para-hydroxylation sites is 2. The summed E-state index contributed by atoms with van der Waals surface area (Å²) in [6.45, 7) is 0. The molecule has 20 rings (SSSR count). The van der Waals surface area contributed by atoms with E-state index in [9.17, 15) is 0 Å². The lowest BCUT2D eigenvalue weighted by molar-refractivity contribution is 0.657. The van der Waals surface area contributed by atoms with Crippen LogP contribution in [0.25, 0.3) is 208 Å². The van der Waals surface area contributed by atoms with Gasteiger partial charge < -0.3 is 17.7 Å². The van der Waals surface area contributed by atoms with Crippen LogP contribution in [0.1, 0.15) is 0 Å². The molecule has 0 spiro atoms. The van der Waals surface area contributed by atoms with Crippen molar-refractivity contribution in [2.24, 2.45) is 0 Å². The van der Waals surface area contributed by atoms with E-state index in [4.69, 9.17) is 17.7 Å². The summed E-state index contributed by atoms with van der Waals surface area (Å²) >= 11 is 0. The van der Waals surface area contributed by atoms with E-state index in [1.54, 1.807) is 0 Å². The fourth-order valence-electron chi connectivity index (χ4n) is 15.2. The van der Waals surface area contributed by atoms with Crippen molar-refractivity contribution in [3.8, 4) is 55.6 Å². The average molecular weight is 1120 g/mol. The molecule has 4 heterocycles. The maximum Gasteiger partial charge on any atom is 0.147 e. The van der Waals surface area contributed by atoms with Crippen molar-refractivity contribution < 1.29 is 17.7 Å². The first-order valence-corrected chi connectivity index (χ1v) is 30.1. The van der Waals surface area contributed by atoms with E-state index in [1.165, 1.54) is 54.6 Å². The lowest BCUT2D eigenvalue weighted by Gasteiger charge is -2.19. The molecular weight excluding hydrogens is 1070 g/mol. The van der Waals surface area contributed by atoms with Crippen molar-refractivity contribution in [3.05, 3.63) is 279 Å². The Hall–Kier alpha value is -11.7. The molecule has 0 aliphatic heterocycles. The summed E-state index contributed by atoms with van der Waals surface area (Å²) in [7, 11) is 0. The molecule has 0 fully saturated rings. The zero-order valence-corrected chi connectivity index (χ0v) is 47.2. The molecule has 0 bridgehead atoms. The lowest BCUT2D eigenvalue weighted by Crippen LogP contribution is -1.92. The Labute approximate surface area is 501 Å². The highest BCUT2D eigenvalue weighted by atomic mass is 16.4. The lowest BCUT2D eigenvalue weighted by atomic mass is 9.84. The second-order valence-corrected chi connectivity index (χ2v) is 23.6. The van der Waals surface area contributed by atoms with Crippen molar-refractivity contribution in [1.82, 2.24) is 0 Å². The Kier molecular flexibility index (Phi) is 9.69. The summed E-state index contributed by atoms with van der Waals surface area (Å²) in [5, 5.41) is 22.4. The first-order chi connectivity index (χ1) is 43.6. The molecule has 0 atom stereocenters. The van der Waals surface area contributed by atoms with Gasteiger partial charge in [-0.05, 0) is 153 Å². The van der Waals surface area contributed by atoms with Crippen molar-refractivity contribution in [2.75, 3.05) is 0 Å². The number of benzene rings is 16. The fourth-order valence-corrected chi connectivity index (χ4v) is 15.2. The van der Waals surface area contributed by atoms with Gasteiger partial charge in [0, 0.05) is 54.2 Å². The summed E-state index contributed by atoms with van der Waals surface area (Å²) in [4.78, 5) is 0. The third kappa shape index (κ3) is 6.63. The molecule has 0 aliphatic rings. The van der Waals surface area contributed by atoms with E-state index in [0.717, 1.165) is 153 Å². The standard InChI is InChI=1S/C84H46O4/c1-2-20-49-42-52(37-36-47(49)18-1)75-59-25-5-9-29-63(59)77(64-30-10-6-26-60(64)75)79-81-67(54-23-13-15-34-71(54)85-81)45-69-56-40-38-50(43-73(56)87-83(69)79)51-39-41-57-70-46-68-55-24-14-16-35-72(55)86-82(68)80(84(70)88-74(57)44-51)78-65-31-11-7-27-61(65)76(62-28-8-12-32-66(62)78)58-33-17-21-48-19-3-4-22-53(48)58/h1-46H. The Morgan fingerprint density at radius 3 is 0.977 bits per heavy atom. The van der Waals surface area contributed by atoms with Gasteiger partial charge in [0.2, 0.25) is 0 Å². The maximum atomic E-state index is 7.38. The number of rotatable bonds is 5. The van der Waals surface area contributed by atoms with E-state index < -0.39 is 0 Å². The average Bonchev–Trinajstić information content (AvgIpc) is 1.45. The van der Waals surface area contributed by atoms with Crippen molar-refractivity contribution in [1.29, 1.82) is 0 Å². The Bertz CT molecular complexity index is 6320. The number of fused-ring (bicyclic) bond motifs is 18. The molecular formula is C84H46O4. The molecule has 4 aromatic heterocycles. The van der Waals surface area contributed by atoms with E-state index in [1.807, 2.05) is 12.1 Å². The zero-order chi connectivity index (χ0) is 57.3. The third-order valence-corrected chi connectivity index (χ3v) is 19.0. The highest BCUT2D eigenvalue weighted by molar-refractivity contribution is 6.32. The molecule has 0 unspecified atom stereocenters. The van der Waals surface area contributed by atoms with Crippen LogP contribution in [0.15, 0.2) is 297 Å². The van der Waals surface area contributed by atoms with Crippen LogP contribution < -0.4 is 0 Å². The van der Waals surface area contributed by atoms with Crippen LogP contribution in [0.2, 0.25) is 0 Å². The first kappa shape index (κ1) is 47.6. The Balaban J connectivity index is 0.808. The quantitative estimate of drug-likeness (QED) is 0.161. The van der Waals surface area contributed by atoms with Crippen molar-refractivity contribution in [2.45, 2.75) is 0 Å². The van der Waals surface area contributed by atoms with Gasteiger partial charge >= 0.3 is 0 Å². The van der Waals surface area contributed by atoms with Crippen LogP contribution in [0.5, 0.6) is 0 Å². The SMILES string of the molecule is c1ccc2cc(-c3c4ccccc4c(-c4c5oc6ccccc6c5cc5c4oc4cc(-c6ccc7c(c6)oc6c(-c8c9ccccc9c(-c9cccc%10ccccc9%10)c9ccccc89)c8oc9ccccc9c8cc67)ccc45)c4ccccc34)ccc2c1. The van der Waals surface area contributed by atoms with Gasteiger partial charge in [-0.3, -0.25) is 0 Å². The normalized spacial score (nSPS) is 12.3. The third-order valence-electron chi connectivity index (χ3n) is 19.0. The predicted molar refractivity (Wildman–Crippen MR) is 368 cm³/mol. The van der Waals surface area contributed by atoms with Crippen LogP contribution in [-0.2, 0) is 0 Å². The molecule has 4 nitrogen and oxygen atoms in total. The molecule has 4 heteroatoms. The maximum absolute atomic E-state index is 7.38. The Morgan fingerprint density at radius 1 is 0.159 bits per heavy atom. The van der Waals surface area contributed by atoms with Gasteiger partial charge in [-0.1, -0.05) is 224 Å². The summed E-state index contributed by atoms with van der Waals surface area (Å²) in [5.74, 6) is 0. The molecule has 0 N–H and O–H groups in total. The van der Waals surface area contributed by atoms with Gasteiger partial charge in [-0.2, -0.15) is 0 Å². The summed E-state index contributed by atoms with van der Waals surface area (Å²) in [6, 6.07) is 101. The number of hydrogen-bond acceptors (Lipinski definition) is 4. The highest BCUT2D eigenvalue weighted by Crippen LogP contribution is 2.54. The summed E-state index contributed by atoms with van der Waals surface area (Å²) in [5.41, 5.74) is 17.3. The molecule has 0 amide bonds. The van der Waals surface area contributed by atoms with E-state index in [2.05, 4.69) is 267 Å². The first-order valence-electron chi connectivity index (χ1n) is 30.1. The van der Waals surface area contributed by atoms with Crippen LogP contribution in [0.3, 0.4) is 0 Å². The second kappa shape index (κ2) is 17.9. The van der Waals surface area contributed by atoms with Gasteiger partial charge in [0.25, 0.3) is 0 Å². The number of hydrogen-bond donors (Lipinski definition) is 0. The Morgan fingerprint density at radius 2 is 0.500 bits per heavy atom. The van der Waals surface area contributed by atoms with Crippen LogP contribution in [-0.4, -0.2) is 0 Å². The van der Waals surface area contributed by atoms with Gasteiger partial charge in [-0.15, -0.1) is 0 Å². The van der Waals surface area contributed by atoms with Crippen LogP contribution in [0.4, 0.5) is 0 Å². The fraction of sp³-hybridized carbons (Fsp3) is 0. The van der Waals surface area contributed by atoms with E-state index in [0.29, 0.717) is 0 Å². The molecule has 20 aromatic rings. The van der Waals surface area contributed by atoms with Gasteiger partial charge in [0.15, 0.2) is 0 Å². The van der Waals surface area contributed by atoms with Crippen molar-refractivity contribution >= 4 is 152 Å². The highest BCUT2D eigenvalue weighted by Gasteiger charge is 2.29. The molecule has 406 valence electrons. The molecule has 16 aromatic carbocycles. The molecule has 0 aliphatic carbocycles. The van der Waals surface area contributed by atoms with Gasteiger partial charge in [0.05, 0.1) is 11.1 Å². The molecule has 0 radical (unpaired) electrons. The minimum Gasteiger partial charge on any atom is -0.455 e.